The number of amides is 1. The van der Waals surface area contributed by atoms with Crippen LogP contribution in [0.3, 0.4) is 0 Å². The Labute approximate surface area is 233 Å². The maximum Gasteiger partial charge on any atom is 0.253 e. The fourth-order valence-corrected chi connectivity index (χ4v) is 4.81. The van der Waals surface area contributed by atoms with E-state index in [-0.39, 0.29) is 12.5 Å². The second kappa shape index (κ2) is 12.8. The zero-order chi connectivity index (χ0) is 27.9. The Balaban J connectivity index is 1.37. The molecule has 3 aromatic rings. The molecule has 1 saturated heterocycles. The van der Waals surface area contributed by atoms with Crippen molar-refractivity contribution in [2.75, 3.05) is 51.8 Å². The minimum Gasteiger partial charge on any atom is -0.458 e. The Kier molecular flexibility index (Phi) is 8.76. The number of aromatic nitrogens is 2. The number of hydrogen-bond acceptors (Lipinski definition) is 8. The number of fused-ring (bicyclic) bond motifs is 1. The van der Waals surface area contributed by atoms with E-state index in [1.165, 1.54) is 6.20 Å². The molecule has 10 heteroatoms. The molecule has 1 fully saturated rings. The molecule has 1 unspecified atom stereocenters. The van der Waals surface area contributed by atoms with E-state index < -0.39 is 0 Å². The van der Waals surface area contributed by atoms with Crippen LogP contribution in [0.2, 0.25) is 0 Å². The van der Waals surface area contributed by atoms with Gasteiger partial charge in [-0.2, -0.15) is 10.4 Å². The van der Waals surface area contributed by atoms with Crippen molar-refractivity contribution in [2.24, 2.45) is 5.92 Å². The van der Waals surface area contributed by atoms with Crippen LogP contribution in [0.15, 0.2) is 60.6 Å². The van der Waals surface area contributed by atoms with E-state index in [1.807, 2.05) is 30.3 Å². The highest BCUT2D eigenvalue weighted by Crippen LogP contribution is 2.32. The van der Waals surface area contributed by atoms with Gasteiger partial charge in [-0.25, -0.2) is 4.52 Å². The number of benzene rings is 1. The predicted molar refractivity (Wildman–Crippen MR) is 152 cm³/mol. The first-order valence-corrected chi connectivity index (χ1v) is 13.5. The zero-order valence-corrected chi connectivity index (χ0v) is 22.9. The van der Waals surface area contributed by atoms with Crippen molar-refractivity contribution < 1.29 is 19.0 Å². The summed E-state index contributed by atoms with van der Waals surface area (Å²) in [5, 5.41) is 20.7. The summed E-state index contributed by atoms with van der Waals surface area (Å²) in [5.74, 6) is 1.85. The van der Waals surface area contributed by atoms with Crippen molar-refractivity contribution >= 4 is 22.8 Å². The average Bonchev–Trinajstić information content (AvgIpc) is 3.35. The molecule has 5 rings (SSSR count). The lowest BCUT2D eigenvalue weighted by Gasteiger charge is -2.26. The van der Waals surface area contributed by atoms with Gasteiger partial charge < -0.3 is 24.8 Å². The molecule has 1 aliphatic carbocycles. The van der Waals surface area contributed by atoms with Crippen LogP contribution < -0.4 is 15.4 Å². The van der Waals surface area contributed by atoms with Crippen molar-refractivity contribution in [3.63, 3.8) is 0 Å². The highest BCUT2D eigenvalue weighted by molar-refractivity contribution is 6.00. The van der Waals surface area contributed by atoms with Crippen LogP contribution >= 0.6 is 0 Å². The van der Waals surface area contributed by atoms with Gasteiger partial charge in [-0.3, -0.25) is 9.69 Å². The largest absolute Gasteiger partial charge is 0.458 e. The lowest BCUT2D eigenvalue weighted by Crippen LogP contribution is -2.41. The van der Waals surface area contributed by atoms with Gasteiger partial charge in [-0.05, 0) is 48.8 Å². The van der Waals surface area contributed by atoms with Gasteiger partial charge >= 0.3 is 0 Å². The first-order chi connectivity index (χ1) is 19.6. The van der Waals surface area contributed by atoms with E-state index in [0.717, 1.165) is 43.3 Å². The Morgan fingerprint density at radius 1 is 1.25 bits per heavy atom. The molecule has 0 radical (unpaired) electrons. The molecule has 0 bridgehead atoms. The van der Waals surface area contributed by atoms with Crippen molar-refractivity contribution in [3.05, 3.63) is 77.3 Å². The van der Waals surface area contributed by atoms with Crippen LogP contribution in [-0.4, -0.2) is 66.9 Å². The van der Waals surface area contributed by atoms with Crippen molar-refractivity contribution in [1.82, 2.24) is 19.8 Å². The van der Waals surface area contributed by atoms with Crippen LogP contribution in [0.5, 0.6) is 5.75 Å². The monoisotopic (exact) mass is 542 g/mol. The number of hydrogen-bond donors (Lipinski definition) is 2. The van der Waals surface area contributed by atoms with Crippen LogP contribution in [0.4, 0.5) is 11.4 Å². The Hall–Kier alpha value is -4.17. The lowest BCUT2D eigenvalue weighted by molar-refractivity contribution is 0.0383. The fraction of sp³-hybridized carbons (Fsp3) is 0.367. The van der Waals surface area contributed by atoms with Gasteiger partial charge in [0.15, 0.2) is 0 Å². The number of nitrogens with zero attached hydrogens (tertiary/aromatic N) is 4. The number of anilines is 2. The molecule has 2 N–H and O–H groups in total. The van der Waals surface area contributed by atoms with Crippen LogP contribution in [0.1, 0.15) is 34.8 Å². The summed E-state index contributed by atoms with van der Waals surface area (Å²) in [6.07, 6.45) is 10.3. The molecule has 3 heterocycles. The van der Waals surface area contributed by atoms with Gasteiger partial charge in [0.05, 0.1) is 48.3 Å². The number of morpholine rings is 1. The van der Waals surface area contributed by atoms with Gasteiger partial charge in [0.1, 0.15) is 17.6 Å². The number of ether oxygens (including phenoxy) is 3. The summed E-state index contributed by atoms with van der Waals surface area (Å²) in [6.45, 7) is 6.75. The van der Waals surface area contributed by atoms with E-state index in [9.17, 15) is 10.1 Å². The zero-order valence-electron chi connectivity index (χ0n) is 22.9. The van der Waals surface area contributed by atoms with Crippen molar-refractivity contribution in [2.45, 2.75) is 20.0 Å². The molecule has 208 valence electrons. The molecule has 0 saturated carbocycles. The van der Waals surface area contributed by atoms with Crippen molar-refractivity contribution in [3.8, 4) is 11.8 Å². The number of rotatable bonds is 10. The molecule has 1 aromatic carbocycles. The van der Waals surface area contributed by atoms with Gasteiger partial charge in [-0.15, -0.1) is 0 Å². The maximum absolute atomic E-state index is 13.2. The second-order valence-corrected chi connectivity index (χ2v) is 9.93. The molecule has 1 atom stereocenters. The molecule has 2 aliphatic rings. The summed E-state index contributed by atoms with van der Waals surface area (Å²) in [4.78, 5) is 15.5. The third-order valence-corrected chi connectivity index (χ3v) is 7.02. The van der Waals surface area contributed by atoms with E-state index in [4.69, 9.17) is 14.2 Å². The summed E-state index contributed by atoms with van der Waals surface area (Å²) in [5.41, 5.74) is 3.41. The third-order valence-electron chi connectivity index (χ3n) is 7.02. The Bertz CT molecular complexity index is 1450. The van der Waals surface area contributed by atoms with Gasteiger partial charge in [0, 0.05) is 50.7 Å². The number of nitrogens with one attached hydrogen (secondary N) is 2. The third kappa shape index (κ3) is 6.34. The molecule has 1 aliphatic heterocycles. The summed E-state index contributed by atoms with van der Waals surface area (Å²) in [7, 11) is 1.58. The number of carbonyl (C=O) groups is 1. The number of methoxy groups -OCH3 is 1. The molecule has 0 spiro atoms. The fourth-order valence-electron chi connectivity index (χ4n) is 4.81. The van der Waals surface area contributed by atoms with Gasteiger partial charge in [0.25, 0.3) is 5.91 Å². The first kappa shape index (κ1) is 27.4. The van der Waals surface area contributed by atoms with E-state index in [2.05, 4.69) is 45.8 Å². The smallest absolute Gasteiger partial charge is 0.253 e. The van der Waals surface area contributed by atoms with Crippen LogP contribution in [-0.2, 0) is 16.1 Å². The summed E-state index contributed by atoms with van der Waals surface area (Å²) in [6, 6.07) is 9.75. The summed E-state index contributed by atoms with van der Waals surface area (Å²) < 4.78 is 18.5. The number of allylic oxidation sites excluding steroid dienone is 3. The van der Waals surface area contributed by atoms with E-state index >= 15 is 0 Å². The summed E-state index contributed by atoms with van der Waals surface area (Å²) >= 11 is 0. The standard InChI is InChI=1S/C30H34N6O4/c1-21-3-7-24(8-4-21)40-25-9-5-23(6-10-25)34-28-22(17-31)18-33-36-19-26(27(20-38-2)29(28)36)30(37)32-11-12-35-13-15-39-16-14-35/h3,5-10,18-19,21,34H,4,11-16,20H2,1-2H3,(H,32,37). The van der Waals surface area contributed by atoms with E-state index in [1.54, 1.807) is 17.8 Å². The van der Waals surface area contributed by atoms with Gasteiger partial charge in [-0.1, -0.05) is 13.0 Å². The number of nitriles is 1. The quantitative estimate of drug-likeness (QED) is 0.395. The minimum absolute atomic E-state index is 0.183. The maximum atomic E-state index is 13.2. The second-order valence-electron chi connectivity index (χ2n) is 9.93. The molecule has 40 heavy (non-hydrogen) atoms. The lowest BCUT2D eigenvalue weighted by atomic mass is 10.0. The Morgan fingerprint density at radius 2 is 2.05 bits per heavy atom. The van der Waals surface area contributed by atoms with Gasteiger partial charge in [0.2, 0.25) is 0 Å². The first-order valence-electron chi connectivity index (χ1n) is 13.5. The van der Waals surface area contributed by atoms with E-state index in [0.29, 0.717) is 53.6 Å². The molecular weight excluding hydrogens is 508 g/mol. The SMILES string of the molecule is COCc1c(C(=O)NCCN2CCOCC2)cn2ncc(C#N)c(Nc3ccc(OC4=CCC(C)C=C4)cc3)c12. The van der Waals surface area contributed by atoms with Crippen molar-refractivity contribution in [1.29, 1.82) is 5.26 Å². The van der Waals surface area contributed by atoms with Crippen LogP contribution in [0.25, 0.3) is 5.52 Å². The molecular formula is C30H34N6O4. The highest BCUT2D eigenvalue weighted by atomic mass is 16.5. The topological polar surface area (TPSA) is 113 Å². The highest BCUT2D eigenvalue weighted by Gasteiger charge is 2.22. The molecule has 1 amide bonds. The average molecular weight is 543 g/mol. The number of carbonyl (C=O) groups excluding carboxylic acids is 1. The predicted octanol–water partition coefficient (Wildman–Crippen LogP) is 4.02. The van der Waals surface area contributed by atoms with Crippen LogP contribution in [0, 0.1) is 17.2 Å². The molecule has 2 aromatic heterocycles. The Morgan fingerprint density at radius 3 is 2.75 bits per heavy atom. The molecule has 10 nitrogen and oxygen atoms in total. The minimum atomic E-state index is -0.211. The normalized spacial score (nSPS) is 17.3.